The van der Waals surface area contributed by atoms with Crippen molar-refractivity contribution in [3.63, 3.8) is 0 Å². The number of carbonyl (C=O) groups is 1. The molecule has 11 heavy (non-hydrogen) atoms. The highest BCUT2D eigenvalue weighted by molar-refractivity contribution is 5.78. The molecule has 66 valence electrons. The van der Waals surface area contributed by atoms with Gasteiger partial charge in [-0.1, -0.05) is 6.92 Å². The van der Waals surface area contributed by atoms with Gasteiger partial charge in [-0.3, -0.25) is 4.79 Å². The van der Waals surface area contributed by atoms with Gasteiger partial charge in [-0.25, -0.2) is 0 Å². The van der Waals surface area contributed by atoms with Gasteiger partial charge in [0.2, 0.25) is 5.91 Å². The predicted molar refractivity (Wildman–Crippen MR) is 42.9 cm³/mol. The Hall–Kier alpha value is -0.610. The molecule has 0 rings (SSSR count). The Balaban J connectivity index is 3.68. The quantitative estimate of drug-likeness (QED) is 0.498. The molecule has 0 aliphatic carbocycles. The molecule has 2 atom stereocenters. The molecule has 1 amide bonds. The van der Waals surface area contributed by atoms with Crippen LogP contribution in [0, 0.1) is 5.92 Å². The van der Waals surface area contributed by atoms with Crippen molar-refractivity contribution in [2.24, 2.45) is 11.7 Å². The number of rotatable bonds is 4. The van der Waals surface area contributed by atoms with Gasteiger partial charge in [0.1, 0.15) is 0 Å². The molecule has 0 aromatic rings. The number of amides is 1. The first-order valence-corrected chi connectivity index (χ1v) is 3.73. The normalized spacial score (nSPS) is 15.6. The third kappa shape index (κ3) is 3.95. The molecule has 0 saturated carbocycles. The Morgan fingerprint density at radius 2 is 2.18 bits per heavy atom. The summed E-state index contributed by atoms with van der Waals surface area (Å²) in [5.41, 5.74) is 5.27. The Kier molecular flexibility index (Phi) is 4.81. The molecule has 0 aliphatic heterocycles. The largest absolute Gasteiger partial charge is 0.394 e. The standard InChI is InChI=1S/C7H16N2O2/c1-5(3-8)7(11)9-6(2)4-10/h5-6,10H,3-4,8H2,1-2H3,(H,9,11). The molecule has 0 fully saturated rings. The lowest BCUT2D eigenvalue weighted by molar-refractivity contribution is -0.125. The molecule has 0 saturated heterocycles. The first-order valence-electron chi connectivity index (χ1n) is 3.73. The number of hydrogen-bond donors (Lipinski definition) is 3. The van der Waals surface area contributed by atoms with Crippen LogP contribution in [0.4, 0.5) is 0 Å². The second-order valence-corrected chi connectivity index (χ2v) is 2.73. The zero-order valence-electron chi connectivity index (χ0n) is 7.00. The van der Waals surface area contributed by atoms with Crippen molar-refractivity contribution < 1.29 is 9.90 Å². The number of hydrogen-bond acceptors (Lipinski definition) is 3. The average Bonchev–Trinajstić information content (AvgIpc) is 2.02. The van der Waals surface area contributed by atoms with Crippen LogP contribution in [0.3, 0.4) is 0 Å². The molecule has 4 heteroatoms. The maximum Gasteiger partial charge on any atom is 0.224 e. The summed E-state index contributed by atoms with van der Waals surface area (Å²) in [5.74, 6) is -0.280. The van der Waals surface area contributed by atoms with Crippen LogP contribution in [0.1, 0.15) is 13.8 Å². The van der Waals surface area contributed by atoms with Crippen LogP contribution in [0.25, 0.3) is 0 Å². The first-order chi connectivity index (χ1) is 5.11. The van der Waals surface area contributed by atoms with Gasteiger partial charge >= 0.3 is 0 Å². The van der Waals surface area contributed by atoms with Crippen LogP contribution in [0.5, 0.6) is 0 Å². The summed E-state index contributed by atoms with van der Waals surface area (Å²) >= 11 is 0. The maximum atomic E-state index is 11.0. The molecule has 0 aromatic carbocycles. The predicted octanol–water partition coefficient (Wildman–Crippen LogP) is -0.922. The van der Waals surface area contributed by atoms with Gasteiger partial charge in [-0.2, -0.15) is 0 Å². The Bertz CT molecular complexity index is 128. The van der Waals surface area contributed by atoms with E-state index < -0.39 is 0 Å². The van der Waals surface area contributed by atoms with Crippen LogP contribution in [0.2, 0.25) is 0 Å². The lowest BCUT2D eigenvalue weighted by Gasteiger charge is -2.13. The summed E-state index contributed by atoms with van der Waals surface area (Å²) in [4.78, 5) is 11.0. The van der Waals surface area contributed by atoms with Crippen LogP contribution in [0.15, 0.2) is 0 Å². The molecule has 4 N–H and O–H groups in total. The molecule has 0 aliphatic rings. The zero-order valence-corrected chi connectivity index (χ0v) is 7.00. The topological polar surface area (TPSA) is 75.3 Å². The fraction of sp³-hybridized carbons (Fsp3) is 0.857. The molecule has 2 unspecified atom stereocenters. The van der Waals surface area contributed by atoms with E-state index in [4.69, 9.17) is 10.8 Å². The molecule has 0 radical (unpaired) electrons. The van der Waals surface area contributed by atoms with Crippen molar-refractivity contribution in [3.05, 3.63) is 0 Å². The van der Waals surface area contributed by atoms with Gasteiger partial charge < -0.3 is 16.2 Å². The minimum absolute atomic E-state index is 0.0387. The van der Waals surface area contributed by atoms with E-state index in [1.54, 1.807) is 13.8 Å². The summed E-state index contributed by atoms with van der Waals surface area (Å²) in [6, 6.07) is -0.184. The minimum atomic E-state index is -0.184. The van der Waals surface area contributed by atoms with Crippen LogP contribution in [-0.4, -0.2) is 30.2 Å². The monoisotopic (exact) mass is 160 g/mol. The van der Waals surface area contributed by atoms with E-state index >= 15 is 0 Å². The molecular formula is C7H16N2O2. The van der Waals surface area contributed by atoms with Crippen LogP contribution >= 0.6 is 0 Å². The number of nitrogens with one attached hydrogen (secondary N) is 1. The van der Waals surface area contributed by atoms with Gasteiger partial charge in [0, 0.05) is 18.5 Å². The van der Waals surface area contributed by atoms with Crippen molar-refractivity contribution in [1.29, 1.82) is 0 Å². The summed E-state index contributed by atoms with van der Waals surface area (Å²) < 4.78 is 0. The van der Waals surface area contributed by atoms with E-state index in [1.807, 2.05) is 0 Å². The average molecular weight is 160 g/mol. The van der Waals surface area contributed by atoms with E-state index in [2.05, 4.69) is 5.32 Å². The zero-order chi connectivity index (χ0) is 8.85. The van der Waals surface area contributed by atoms with Gasteiger partial charge in [0.25, 0.3) is 0 Å². The van der Waals surface area contributed by atoms with E-state index in [1.165, 1.54) is 0 Å². The molecule has 0 spiro atoms. The van der Waals surface area contributed by atoms with Crippen LogP contribution < -0.4 is 11.1 Å². The van der Waals surface area contributed by atoms with Gasteiger partial charge in [0.15, 0.2) is 0 Å². The lowest BCUT2D eigenvalue weighted by atomic mass is 10.1. The Labute approximate surface area is 66.8 Å². The molecule has 0 aromatic heterocycles. The maximum absolute atomic E-state index is 11.0. The van der Waals surface area contributed by atoms with Crippen molar-refractivity contribution in [2.45, 2.75) is 19.9 Å². The smallest absolute Gasteiger partial charge is 0.224 e. The third-order valence-corrected chi connectivity index (χ3v) is 1.46. The minimum Gasteiger partial charge on any atom is -0.394 e. The van der Waals surface area contributed by atoms with Crippen LogP contribution in [-0.2, 0) is 4.79 Å². The summed E-state index contributed by atoms with van der Waals surface area (Å²) in [6.07, 6.45) is 0. The second kappa shape index (κ2) is 5.09. The van der Waals surface area contributed by atoms with E-state index in [-0.39, 0.29) is 24.5 Å². The highest BCUT2D eigenvalue weighted by Crippen LogP contribution is 1.91. The van der Waals surface area contributed by atoms with Gasteiger partial charge in [-0.05, 0) is 6.92 Å². The van der Waals surface area contributed by atoms with Crippen molar-refractivity contribution in [3.8, 4) is 0 Å². The summed E-state index contributed by atoms with van der Waals surface area (Å²) in [6.45, 7) is 3.79. The highest BCUT2D eigenvalue weighted by atomic mass is 16.3. The second-order valence-electron chi connectivity index (χ2n) is 2.73. The van der Waals surface area contributed by atoms with Gasteiger partial charge in [0.05, 0.1) is 6.61 Å². The first kappa shape index (κ1) is 10.4. The summed E-state index contributed by atoms with van der Waals surface area (Å²) in [5, 5.41) is 11.2. The van der Waals surface area contributed by atoms with E-state index in [0.29, 0.717) is 6.54 Å². The Morgan fingerprint density at radius 1 is 1.64 bits per heavy atom. The molecular weight excluding hydrogens is 144 g/mol. The lowest BCUT2D eigenvalue weighted by Crippen LogP contribution is -2.40. The van der Waals surface area contributed by atoms with E-state index in [9.17, 15) is 4.79 Å². The highest BCUT2D eigenvalue weighted by Gasteiger charge is 2.12. The van der Waals surface area contributed by atoms with Gasteiger partial charge in [-0.15, -0.1) is 0 Å². The fourth-order valence-corrected chi connectivity index (χ4v) is 0.538. The number of aliphatic hydroxyl groups is 1. The number of nitrogens with two attached hydrogens (primary N) is 1. The number of aliphatic hydroxyl groups excluding tert-OH is 1. The third-order valence-electron chi connectivity index (χ3n) is 1.46. The van der Waals surface area contributed by atoms with Crippen molar-refractivity contribution in [2.75, 3.05) is 13.2 Å². The number of carbonyl (C=O) groups excluding carboxylic acids is 1. The molecule has 0 bridgehead atoms. The van der Waals surface area contributed by atoms with Crippen molar-refractivity contribution >= 4 is 5.91 Å². The fourth-order valence-electron chi connectivity index (χ4n) is 0.538. The molecule has 4 nitrogen and oxygen atoms in total. The summed E-state index contributed by atoms with van der Waals surface area (Å²) in [7, 11) is 0. The molecule has 0 heterocycles. The van der Waals surface area contributed by atoms with Crippen molar-refractivity contribution in [1.82, 2.24) is 5.32 Å². The SMILES string of the molecule is CC(CO)NC(=O)C(C)CN. The Morgan fingerprint density at radius 3 is 2.55 bits per heavy atom. The van der Waals surface area contributed by atoms with E-state index in [0.717, 1.165) is 0 Å².